The van der Waals surface area contributed by atoms with Crippen LogP contribution in [-0.4, -0.2) is 48.1 Å². The molecule has 1 amide bonds. The van der Waals surface area contributed by atoms with Crippen LogP contribution in [0, 0.1) is 0 Å². The maximum Gasteiger partial charge on any atom is 0.295 e. The minimum atomic E-state index is -0.756. The number of benzene rings is 2. The Bertz CT molecular complexity index is 1100. The van der Waals surface area contributed by atoms with Gasteiger partial charge in [0, 0.05) is 22.7 Å². The second kappa shape index (κ2) is 10.2. The summed E-state index contributed by atoms with van der Waals surface area (Å²) in [6, 6.07) is 11.4. The Labute approximate surface area is 206 Å². The maximum absolute atomic E-state index is 13.2. The van der Waals surface area contributed by atoms with Crippen LogP contribution in [0.1, 0.15) is 57.4 Å². The number of nitrogens with zero attached hydrogens (tertiary/aromatic N) is 1. The van der Waals surface area contributed by atoms with Crippen molar-refractivity contribution in [3.8, 4) is 5.75 Å². The van der Waals surface area contributed by atoms with Crippen LogP contribution in [0.15, 0.2) is 48.0 Å². The molecule has 3 rings (SSSR count). The number of methoxy groups -OCH3 is 1. The van der Waals surface area contributed by atoms with Gasteiger partial charge in [-0.2, -0.15) is 0 Å². The van der Waals surface area contributed by atoms with E-state index in [1.165, 1.54) is 4.90 Å². The first-order valence-electron chi connectivity index (χ1n) is 11.3. The number of aliphatic hydroxyl groups excluding tert-OH is 1. The van der Waals surface area contributed by atoms with Crippen LogP contribution in [-0.2, 0) is 19.7 Å². The van der Waals surface area contributed by atoms with E-state index < -0.39 is 17.7 Å². The molecule has 182 valence electrons. The van der Waals surface area contributed by atoms with Gasteiger partial charge >= 0.3 is 0 Å². The van der Waals surface area contributed by atoms with Crippen molar-refractivity contribution < 1.29 is 24.2 Å². The molecule has 2 aromatic rings. The van der Waals surface area contributed by atoms with Crippen LogP contribution in [0.2, 0.25) is 5.02 Å². The highest BCUT2D eigenvalue weighted by Gasteiger charge is 2.46. The van der Waals surface area contributed by atoms with Gasteiger partial charge in [-0.25, -0.2) is 0 Å². The third-order valence-electron chi connectivity index (χ3n) is 5.79. The number of likely N-dealkylation sites (tertiary alicyclic amines) is 1. The number of hydrogen-bond donors (Lipinski definition) is 1. The van der Waals surface area contributed by atoms with Crippen molar-refractivity contribution in [3.63, 3.8) is 0 Å². The molecule has 2 aromatic carbocycles. The molecule has 1 aliphatic rings. The fourth-order valence-electron chi connectivity index (χ4n) is 4.09. The van der Waals surface area contributed by atoms with Gasteiger partial charge in [-0.1, -0.05) is 44.5 Å². The number of hydrogen-bond acceptors (Lipinski definition) is 5. The normalized spacial score (nSPS) is 18.1. The van der Waals surface area contributed by atoms with Gasteiger partial charge in [0.25, 0.3) is 11.7 Å². The molecular weight excluding hydrogens is 454 g/mol. The molecule has 1 saturated heterocycles. The van der Waals surface area contributed by atoms with E-state index in [-0.39, 0.29) is 36.0 Å². The third kappa shape index (κ3) is 5.29. The van der Waals surface area contributed by atoms with E-state index in [2.05, 4.69) is 0 Å². The SMILES string of the molecule is COc1ccc(/C(O)=C2/C(=O)C(=O)N(CCOC(C)C)C2c2ccc(Cl)cc2)cc1C(C)(C)C. The highest BCUT2D eigenvalue weighted by molar-refractivity contribution is 6.46. The van der Waals surface area contributed by atoms with E-state index in [1.807, 2.05) is 40.7 Å². The molecule has 1 heterocycles. The molecular formula is C27H32ClNO5. The molecule has 1 unspecified atom stereocenters. The molecule has 6 nitrogen and oxygen atoms in total. The van der Waals surface area contributed by atoms with Crippen molar-refractivity contribution in [2.24, 2.45) is 0 Å². The lowest BCUT2D eigenvalue weighted by Gasteiger charge is -2.26. The molecule has 0 aliphatic carbocycles. The maximum atomic E-state index is 13.2. The number of aliphatic hydroxyl groups is 1. The van der Waals surface area contributed by atoms with Crippen LogP contribution < -0.4 is 4.74 Å². The predicted octanol–water partition coefficient (Wildman–Crippen LogP) is 5.49. The van der Waals surface area contributed by atoms with Gasteiger partial charge in [0.05, 0.1) is 31.4 Å². The van der Waals surface area contributed by atoms with E-state index in [1.54, 1.807) is 43.5 Å². The summed E-state index contributed by atoms with van der Waals surface area (Å²) >= 11 is 6.07. The van der Waals surface area contributed by atoms with Gasteiger partial charge in [0.2, 0.25) is 0 Å². The molecule has 34 heavy (non-hydrogen) atoms. The van der Waals surface area contributed by atoms with E-state index in [4.69, 9.17) is 21.1 Å². The van der Waals surface area contributed by atoms with E-state index in [0.29, 0.717) is 21.9 Å². The van der Waals surface area contributed by atoms with Gasteiger partial charge < -0.3 is 19.5 Å². The van der Waals surface area contributed by atoms with Crippen LogP contribution in [0.3, 0.4) is 0 Å². The largest absolute Gasteiger partial charge is 0.507 e. The summed E-state index contributed by atoms with van der Waals surface area (Å²) in [5, 5.41) is 11.9. The van der Waals surface area contributed by atoms with Crippen LogP contribution >= 0.6 is 11.6 Å². The number of carbonyl (C=O) groups is 2. The zero-order chi connectivity index (χ0) is 25.2. The topological polar surface area (TPSA) is 76.1 Å². The Morgan fingerprint density at radius 2 is 1.76 bits per heavy atom. The van der Waals surface area contributed by atoms with Gasteiger partial charge in [0.1, 0.15) is 11.5 Å². The molecule has 1 fully saturated rings. The van der Waals surface area contributed by atoms with Crippen molar-refractivity contribution in [1.29, 1.82) is 0 Å². The number of rotatable bonds is 7. The summed E-state index contributed by atoms with van der Waals surface area (Å²) in [7, 11) is 1.59. The Morgan fingerprint density at radius 3 is 2.32 bits per heavy atom. The van der Waals surface area contributed by atoms with Crippen molar-refractivity contribution in [2.75, 3.05) is 20.3 Å². The molecule has 1 N–H and O–H groups in total. The Morgan fingerprint density at radius 1 is 1.12 bits per heavy atom. The first kappa shape index (κ1) is 25.8. The Balaban J connectivity index is 2.15. The number of halogens is 1. The molecule has 0 bridgehead atoms. The first-order chi connectivity index (χ1) is 16.0. The highest BCUT2D eigenvalue weighted by atomic mass is 35.5. The van der Waals surface area contributed by atoms with Crippen molar-refractivity contribution in [1.82, 2.24) is 4.90 Å². The average Bonchev–Trinajstić information content (AvgIpc) is 3.03. The van der Waals surface area contributed by atoms with Crippen molar-refractivity contribution in [2.45, 2.75) is 52.2 Å². The summed E-state index contributed by atoms with van der Waals surface area (Å²) in [6.07, 6.45) is -0.0130. The van der Waals surface area contributed by atoms with E-state index in [9.17, 15) is 14.7 Å². The second-order valence-corrected chi connectivity index (χ2v) is 10.1. The number of ketones is 1. The number of carbonyl (C=O) groups excluding carboxylic acids is 2. The molecule has 0 spiro atoms. The summed E-state index contributed by atoms with van der Waals surface area (Å²) < 4.78 is 11.1. The fourth-order valence-corrected chi connectivity index (χ4v) is 4.21. The molecule has 7 heteroatoms. The van der Waals surface area contributed by atoms with Gasteiger partial charge in [-0.05, 0) is 55.2 Å². The summed E-state index contributed by atoms with van der Waals surface area (Å²) in [5.74, 6) is -0.933. The highest BCUT2D eigenvalue weighted by Crippen LogP contribution is 2.41. The van der Waals surface area contributed by atoms with Gasteiger partial charge in [0.15, 0.2) is 0 Å². The standard InChI is InChI=1S/C27H32ClNO5/c1-16(2)34-14-13-29-23(17-7-10-19(28)11-8-17)22(25(31)26(29)32)24(30)18-9-12-21(33-6)20(15-18)27(3,4)5/h7-12,15-16,23,30H,13-14H2,1-6H3/b24-22-. The van der Waals surface area contributed by atoms with Crippen LogP contribution in [0.5, 0.6) is 5.75 Å². The third-order valence-corrected chi connectivity index (χ3v) is 6.04. The molecule has 1 atom stereocenters. The minimum absolute atomic E-state index is 0.0130. The minimum Gasteiger partial charge on any atom is -0.507 e. The quantitative estimate of drug-likeness (QED) is 0.318. The van der Waals surface area contributed by atoms with Gasteiger partial charge in [-0.3, -0.25) is 9.59 Å². The molecule has 0 radical (unpaired) electrons. The zero-order valence-corrected chi connectivity index (χ0v) is 21.3. The van der Waals surface area contributed by atoms with E-state index >= 15 is 0 Å². The summed E-state index contributed by atoms with van der Waals surface area (Å²) in [5.41, 5.74) is 1.78. The number of ether oxygens (including phenoxy) is 2. The number of amides is 1. The Hall–Kier alpha value is -2.83. The lowest BCUT2D eigenvalue weighted by molar-refractivity contribution is -0.140. The summed E-state index contributed by atoms with van der Waals surface area (Å²) in [4.78, 5) is 27.7. The molecule has 0 aromatic heterocycles. The number of Topliss-reactive ketones (excluding diaryl/α,β-unsaturated/α-hetero) is 1. The fraction of sp³-hybridized carbons (Fsp3) is 0.407. The van der Waals surface area contributed by atoms with E-state index in [0.717, 1.165) is 5.56 Å². The second-order valence-electron chi connectivity index (χ2n) is 9.63. The Kier molecular flexibility index (Phi) is 7.74. The predicted molar refractivity (Wildman–Crippen MR) is 133 cm³/mol. The lowest BCUT2D eigenvalue weighted by atomic mass is 9.84. The molecule has 1 aliphatic heterocycles. The zero-order valence-electron chi connectivity index (χ0n) is 20.5. The van der Waals surface area contributed by atoms with Crippen LogP contribution in [0.25, 0.3) is 5.76 Å². The first-order valence-corrected chi connectivity index (χ1v) is 11.7. The van der Waals surface area contributed by atoms with Crippen LogP contribution in [0.4, 0.5) is 0 Å². The smallest absolute Gasteiger partial charge is 0.295 e. The lowest BCUT2D eigenvalue weighted by Crippen LogP contribution is -2.33. The van der Waals surface area contributed by atoms with Crippen molar-refractivity contribution in [3.05, 3.63) is 69.8 Å². The monoisotopic (exact) mass is 485 g/mol. The average molecular weight is 486 g/mol. The van der Waals surface area contributed by atoms with Gasteiger partial charge in [-0.15, -0.1) is 0 Å². The van der Waals surface area contributed by atoms with Crippen molar-refractivity contribution >= 4 is 29.1 Å². The molecule has 0 saturated carbocycles. The summed E-state index contributed by atoms with van der Waals surface area (Å²) in [6.45, 7) is 10.4.